The smallest absolute Gasteiger partial charge is 0.132 e. The van der Waals surface area contributed by atoms with Gasteiger partial charge in [0.15, 0.2) is 0 Å². The quantitative estimate of drug-likeness (QED) is 0.921. The van der Waals surface area contributed by atoms with Crippen LogP contribution in [0.15, 0.2) is 56.7 Å². The molecule has 94 valence electrons. The molecule has 0 fully saturated rings. The number of hydrogen-bond donors (Lipinski definition) is 1. The van der Waals surface area contributed by atoms with E-state index in [1.807, 2.05) is 30.3 Å². The molecule has 2 aromatic rings. The Kier molecular flexibility index (Phi) is 4.69. The Balaban J connectivity index is 2.30. The Morgan fingerprint density at radius 1 is 1.22 bits per heavy atom. The van der Waals surface area contributed by atoms with Crippen molar-refractivity contribution in [3.63, 3.8) is 0 Å². The molecule has 2 N–H and O–H groups in total. The maximum Gasteiger partial charge on any atom is 0.132 e. The molecule has 0 aliphatic carbocycles. The number of benzene rings is 2. The summed E-state index contributed by atoms with van der Waals surface area (Å²) in [5.74, 6) is 0.886. The van der Waals surface area contributed by atoms with Crippen LogP contribution >= 0.6 is 27.7 Å². The zero-order valence-electron chi connectivity index (χ0n) is 10.0. The van der Waals surface area contributed by atoms with Crippen molar-refractivity contribution in [1.29, 1.82) is 0 Å². The highest BCUT2D eigenvalue weighted by molar-refractivity contribution is 9.10. The van der Waals surface area contributed by atoms with E-state index in [9.17, 15) is 0 Å². The summed E-state index contributed by atoms with van der Waals surface area (Å²) in [6.07, 6.45) is 0. The van der Waals surface area contributed by atoms with Gasteiger partial charge in [-0.1, -0.05) is 39.8 Å². The summed E-state index contributed by atoms with van der Waals surface area (Å²) in [5.41, 5.74) is 6.80. The first kappa shape index (κ1) is 13.5. The van der Waals surface area contributed by atoms with Crippen molar-refractivity contribution >= 4 is 27.7 Å². The summed E-state index contributed by atoms with van der Waals surface area (Å²) in [6, 6.07) is 14.2. The minimum absolute atomic E-state index is 0.541. The second kappa shape index (κ2) is 6.27. The lowest BCUT2D eigenvalue weighted by molar-refractivity contribution is 0.405. The van der Waals surface area contributed by atoms with Gasteiger partial charge in [0.2, 0.25) is 0 Å². The molecule has 0 aliphatic rings. The van der Waals surface area contributed by atoms with E-state index in [-0.39, 0.29) is 0 Å². The molecule has 0 bridgehead atoms. The third-order valence-corrected chi connectivity index (χ3v) is 3.95. The van der Waals surface area contributed by atoms with Gasteiger partial charge in [-0.15, -0.1) is 0 Å². The van der Waals surface area contributed by atoms with Gasteiger partial charge in [-0.05, 0) is 35.9 Å². The van der Waals surface area contributed by atoms with Crippen molar-refractivity contribution in [2.24, 2.45) is 5.73 Å². The van der Waals surface area contributed by atoms with Crippen molar-refractivity contribution in [2.75, 3.05) is 7.11 Å². The van der Waals surface area contributed by atoms with E-state index in [1.165, 1.54) is 0 Å². The fourth-order valence-electron chi connectivity index (χ4n) is 1.63. The van der Waals surface area contributed by atoms with Crippen LogP contribution in [0.1, 0.15) is 5.56 Å². The van der Waals surface area contributed by atoms with Gasteiger partial charge in [-0.3, -0.25) is 0 Å². The van der Waals surface area contributed by atoms with Crippen molar-refractivity contribution in [3.05, 3.63) is 52.5 Å². The number of rotatable bonds is 4. The topological polar surface area (TPSA) is 35.2 Å². The number of halogens is 1. The number of hydrogen-bond acceptors (Lipinski definition) is 3. The normalized spacial score (nSPS) is 10.4. The summed E-state index contributed by atoms with van der Waals surface area (Å²) in [6.45, 7) is 0.541. The first-order valence-electron chi connectivity index (χ1n) is 5.53. The third kappa shape index (κ3) is 3.28. The van der Waals surface area contributed by atoms with E-state index < -0.39 is 0 Å². The van der Waals surface area contributed by atoms with Crippen molar-refractivity contribution < 1.29 is 4.74 Å². The van der Waals surface area contributed by atoms with Crippen LogP contribution in [0, 0.1) is 0 Å². The van der Waals surface area contributed by atoms with Crippen LogP contribution in [-0.2, 0) is 6.54 Å². The number of para-hydroxylation sites is 1. The molecule has 0 atom stereocenters. The highest BCUT2D eigenvalue weighted by atomic mass is 79.9. The fraction of sp³-hybridized carbons (Fsp3) is 0.143. The molecule has 4 heteroatoms. The van der Waals surface area contributed by atoms with E-state index in [4.69, 9.17) is 10.5 Å². The number of nitrogens with two attached hydrogens (primary N) is 1. The fourth-order valence-corrected chi connectivity index (χ4v) is 3.37. The summed E-state index contributed by atoms with van der Waals surface area (Å²) < 4.78 is 6.39. The Morgan fingerprint density at radius 2 is 2.00 bits per heavy atom. The lowest BCUT2D eigenvalue weighted by atomic mass is 10.2. The predicted molar refractivity (Wildman–Crippen MR) is 79.2 cm³/mol. The summed E-state index contributed by atoms with van der Waals surface area (Å²) >= 11 is 5.17. The molecule has 0 aromatic heterocycles. The van der Waals surface area contributed by atoms with Gasteiger partial charge >= 0.3 is 0 Å². The monoisotopic (exact) mass is 323 g/mol. The van der Waals surface area contributed by atoms with Crippen LogP contribution in [0.3, 0.4) is 0 Å². The minimum Gasteiger partial charge on any atom is -0.496 e. The predicted octanol–water partition coefficient (Wildman–Crippen LogP) is 4.07. The number of methoxy groups -OCH3 is 1. The Hall–Kier alpha value is -0.970. The Morgan fingerprint density at radius 3 is 2.72 bits per heavy atom. The van der Waals surface area contributed by atoms with Crippen LogP contribution in [0.2, 0.25) is 0 Å². The highest BCUT2D eigenvalue weighted by Crippen LogP contribution is 2.36. The molecular weight excluding hydrogens is 310 g/mol. The molecule has 18 heavy (non-hydrogen) atoms. The molecule has 2 nitrogen and oxygen atoms in total. The first-order valence-corrected chi connectivity index (χ1v) is 7.14. The lowest BCUT2D eigenvalue weighted by Gasteiger charge is -2.09. The molecule has 2 aromatic carbocycles. The Bertz CT molecular complexity index is 545. The van der Waals surface area contributed by atoms with Gasteiger partial charge in [-0.2, -0.15) is 0 Å². The SMILES string of the molecule is COc1ccccc1Sc1cc(Br)cc(CN)c1. The van der Waals surface area contributed by atoms with Crippen molar-refractivity contribution in [3.8, 4) is 5.75 Å². The van der Waals surface area contributed by atoms with E-state index in [1.54, 1.807) is 18.9 Å². The van der Waals surface area contributed by atoms with Gasteiger partial charge in [0.1, 0.15) is 5.75 Å². The minimum atomic E-state index is 0.541. The van der Waals surface area contributed by atoms with Crippen LogP contribution in [0.4, 0.5) is 0 Å². The largest absolute Gasteiger partial charge is 0.496 e. The molecule has 0 saturated heterocycles. The molecule has 0 saturated carbocycles. The maximum absolute atomic E-state index is 5.68. The zero-order chi connectivity index (χ0) is 13.0. The molecule has 0 unspecified atom stereocenters. The molecule has 0 radical (unpaired) electrons. The molecule has 2 rings (SSSR count). The summed E-state index contributed by atoms with van der Waals surface area (Å²) in [5, 5.41) is 0. The highest BCUT2D eigenvalue weighted by Gasteiger charge is 2.05. The van der Waals surface area contributed by atoms with E-state index in [2.05, 4.69) is 28.1 Å². The van der Waals surface area contributed by atoms with Gasteiger partial charge in [0.05, 0.1) is 12.0 Å². The Labute approximate surface area is 120 Å². The van der Waals surface area contributed by atoms with Crippen LogP contribution < -0.4 is 10.5 Å². The van der Waals surface area contributed by atoms with Gasteiger partial charge in [0, 0.05) is 15.9 Å². The zero-order valence-corrected chi connectivity index (χ0v) is 12.4. The van der Waals surface area contributed by atoms with Crippen LogP contribution in [0.25, 0.3) is 0 Å². The van der Waals surface area contributed by atoms with Gasteiger partial charge < -0.3 is 10.5 Å². The lowest BCUT2D eigenvalue weighted by Crippen LogP contribution is -1.96. The number of ether oxygens (including phenoxy) is 1. The van der Waals surface area contributed by atoms with Gasteiger partial charge in [0.25, 0.3) is 0 Å². The summed E-state index contributed by atoms with van der Waals surface area (Å²) in [7, 11) is 1.69. The second-order valence-corrected chi connectivity index (χ2v) is 5.78. The van der Waals surface area contributed by atoms with Crippen molar-refractivity contribution in [1.82, 2.24) is 0 Å². The third-order valence-electron chi connectivity index (χ3n) is 2.46. The molecule has 0 aliphatic heterocycles. The van der Waals surface area contributed by atoms with Gasteiger partial charge in [-0.25, -0.2) is 0 Å². The molecule has 0 amide bonds. The van der Waals surface area contributed by atoms with Crippen LogP contribution in [0.5, 0.6) is 5.75 Å². The van der Waals surface area contributed by atoms with E-state index in [0.717, 1.165) is 25.6 Å². The molecule has 0 heterocycles. The van der Waals surface area contributed by atoms with E-state index in [0.29, 0.717) is 6.54 Å². The second-order valence-electron chi connectivity index (χ2n) is 3.75. The maximum atomic E-state index is 5.68. The van der Waals surface area contributed by atoms with Crippen molar-refractivity contribution in [2.45, 2.75) is 16.3 Å². The molecule has 0 spiro atoms. The molecular formula is C14H14BrNOS. The first-order chi connectivity index (χ1) is 8.72. The summed E-state index contributed by atoms with van der Waals surface area (Å²) in [4.78, 5) is 2.25. The standard InChI is InChI=1S/C14H14BrNOS/c1-17-13-4-2-3-5-14(13)18-12-7-10(9-16)6-11(15)8-12/h2-8H,9,16H2,1H3. The average Bonchev–Trinajstić information content (AvgIpc) is 2.38. The van der Waals surface area contributed by atoms with E-state index >= 15 is 0 Å². The average molecular weight is 324 g/mol. The van der Waals surface area contributed by atoms with Crippen LogP contribution in [-0.4, -0.2) is 7.11 Å².